The second kappa shape index (κ2) is 6.08. The van der Waals surface area contributed by atoms with Gasteiger partial charge in [-0.15, -0.1) is 0 Å². The van der Waals surface area contributed by atoms with Crippen molar-refractivity contribution in [2.45, 2.75) is 6.54 Å². The minimum atomic E-state index is 0.413. The van der Waals surface area contributed by atoms with Gasteiger partial charge < -0.3 is 15.6 Å². The van der Waals surface area contributed by atoms with Gasteiger partial charge in [-0.25, -0.2) is 0 Å². The van der Waals surface area contributed by atoms with Gasteiger partial charge in [0.25, 0.3) is 0 Å². The topological polar surface area (TPSA) is 63.5 Å². The van der Waals surface area contributed by atoms with E-state index in [0.29, 0.717) is 12.4 Å². The van der Waals surface area contributed by atoms with Gasteiger partial charge in [0.05, 0.1) is 12.1 Å². The highest BCUT2D eigenvalue weighted by Gasteiger charge is 2.12. The van der Waals surface area contributed by atoms with E-state index in [9.17, 15) is 0 Å². The Morgan fingerprint density at radius 3 is 2.50 bits per heavy atom. The lowest BCUT2D eigenvalue weighted by Crippen LogP contribution is -2.19. The zero-order chi connectivity index (χ0) is 16.4. The van der Waals surface area contributed by atoms with Crippen molar-refractivity contribution in [2.75, 3.05) is 0 Å². The van der Waals surface area contributed by atoms with Crippen molar-refractivity contribution in [3.05, 3.63) is 83.9 Å². The van der Waals surface area contributed by atoms with E-state index in [1.807, 2.05) is 72.8 Å². The summed E-state index contributed by atoms with van der Waals surface area (Å²) in [4.78, 5) is 0. The van der Waals surface area contributed by atoms with Crippen molar-refractivity contribution >= 4 is 27.8 Å². The van der Waals surface area contributed by atoms with Crippen LogP contribution in [-0.4, -0.2) is 5.84 Å². The van der Waals surface area contributed by atoms with Crippen molar-refractivity contribution in [2.24, 2.45) is 10.8 Å². The monoisotopic (exact) mass is 315 g/mol. The molecule has 4 aromatic rings. The summed E-state index contributed by atoms with van der Waals surface area (Å²) >= 11 is 0. The lowest BCUT2D eigenvalue weighted by molar-refractivity contribution is 0.667. The quantitative estimate of drug-likeness (QED) is 0.340. The zero-order valence-electron chi connectivity index (χ0n) is 13.1. The predicted octanol–water partition coefficient (Wildman–Crippen LogP) is 4.00. The number of hydrazone groups is 1. The first-order valence-corrected chi connectivity index (χ1v) is 7.83. The van der Waals surface area contributed by atoms with Crippen LogP contribution in [0.2, 0.25) is 0 Å². The Balaban J connectivity index is 1.66. The summed E-state index contributed by atoms with van der Waals surface area (Å²) in [6.45, 7) is 0.623. The van der Waals surface area contributed by atoms with E-state index in [2.05, 4.69) is 10.5 Å². The Morgan fingerprint density at radius 1 is 0.875 bits per heavy atom. The maximum atomic E-state index is 6.17. The van der Waals surface area contributed by atoms with E-state index in [4.69, 9.17) is 10.2 Å². The number of rotatable bonds is 4. The smallest absolute Gasteiger partial charge is 0.154 e. The first-order chi connectivity index (χ1) is 11.8. The van der Waals surface area contributed by atoms with E-state index in [-0.39, 0.29) is 0 Å². The van der Waals surface area contributed by atoms with Gasteiger partial charge >= 0.3 is 0 Å². The number of fused-ring (bicyclic) bond motifs is 3. The fraction of sp³-hybridized carbons (Fsp3) is 0.0500. The number of hydrogen-bond donors (Lipinski definition) is 2. The van der Waals surface area contributed by atoms with E-state index in [0.717, 1.165) is 33.1 Å². The number of amidine groups is 1. The van der Waals surface area contributed by atoms with E-state index in [1.54, 1.807) is 0 Å². The molecular formula is C20H17N3O. The Kier molecular flexibility index (Phi) is 3.63. The summed E-state index contributed by atoms with van der Waals surface area (Å²) in [5, 5.41) is 6.42. The molecule has 1 heterocycles. The first-order valence-electron chi connectivity index (χ1n) is 7.83. The first kappa shape index (κ1) is 14.3. The van der Waals surface area contributed by atoms with Gasteiger partial charge in [0, 0.05) is 10.8 Å². The lowest BCUT2D eigenvalue weighted by atomic mass is 10.1. The van der Waals surface area contributed by atoms with Gasteiger partial charge in [-0.2, -0.15) is 5.10 Å². The zero-order valence-corrected chi connectivity index (χ0v) is 13.1. The minimum Gasteiger partial charge on any atom is -0.455 e. The van der Waals surface area contributed by atoms with Gasteiger partial charge in [0.1, 0.15) is 11.2 Å². The van der Waals surface area contributed by atoms with Crippen LogP contribution in [0.1, 0.15) is 11.1 Å². The number of hydrogen-bond acceptors (Lipinski definition) is 3. The molecule has 4 nitrogen and oxygen atoms in total. The molecule has 3 N–H and O–H groups in total. The molecule has 118 valence electrons. The molecule has 0 atom stereocenters. The Morgan fingerprint density at radius 2 is 1.62 bits per heavy atom. The van der Waals surface area contributed by atoms with Crippen LogP contribution in [0.5, 0.6) is 0 Å². The molecular weight excluding hydrogens is 298 g/mol. The fourth-order valence-corrected chi connectivity index (χ4v) is 2.82. The normalized spacial score (nSPS) is 11.9. The molecule has 1 aromatic heterocycles. The molecule has 0 aliphatic carbocycles. The standard InChI is InChI=1S/C20H17N3O/c21-20(23-22-13-14-7-2-1-3-8-14)17-11-6-10-16-15-9-4-5-12-18(15)24-19(16)17/h1-12,22H,13H2,(H2,21,23). The summed E-state index contributed by atoms with van der Waals surface area (Å²) in [6, 6.07) is 24.0. The van der Waals surface area contributed by atoms with Crippen molar-refractivity contribution in [1.82, 2.24) is 5.43 Å². The van der Waals surface area contributed by atoms with Crippen LogP contribution in [-0.2, 0) is 6.54 Å². The molecule has 4 rings (SSSR count). The number of benzene rings is 3. The summed E-state index contributed by atoms with van der Waals surface area (Å²) in [6.07, 6.45) is 0. The fourth-order valence-electron chi connectivity index (χ4n) is 2.82. The highest BCUT2D eigenvalue weighted by molar-refractivity contribution is 6.14. The SMILES string of the molecule is NC(=NNCc1ccccc1)c1cccc2c1oc1ccccc12. The lowest BCUT2D eigenvalue weighted by Gasteiger charge is -2.04. The summed E-state index contributed by atoms with van der Waals surface area (Å²) in [5.74, 6) is 0.413. The van der Waals surface area contributed by atoms with E-state index >= 15 is 0 Å². The molecule has 0 fully saturated rings. The largest absolute Gasteiger partial charge is 0.455 e. The Bertz CT molecular complexity index is 1020. The molecule has 0 saturated carbocycles. The summed E-state index contributed by atoms with van der Waals surface area (Å²) in [7, 11) is 0. The Hall–Kier alpha value is -3.27. The minimum absolute atomic E-state index is 0.413. The van der Waals surface area contributed by atoms with Crippen molar-refractivity contribution in [3.8, 4) is 0 Å². The van der Waals surface area contributed by atoms with E-state index < -0.39 is 0 Å². The molecule has 0 unspecified atom stereocenters. The number of nitrogens with two attached hydrogens (primary N) is 1. The Labute approximate surface area is 139 Å². The third-order valence-corrected chi connectivity index (χ3v) is 4.01. The van der Waals surface area contributed by atoms with Gasteiger partial charge in [-0.3, -0.25) is 0 Å². The van der Waals surface area contributed by atoms with Crippen LogP contribution in [0, 0.1) is 0 Å². The number of nitrogens with one attached hydrogen (secondary N) is 1. The molecule has 0 spiro atoms. The average molecular weight is 315 g/mol. The summed E-state index contributed by atoms with van der Waals surface area (Å²) < 4.78 is 5.98. The highest BCUT2D eigenvalue weighted by Crippen LogP contribution is 2.30. The van der Waals surface area contributed by atoms with Crippen molar-refractivity contribution in [3.63, 3.8) is 0 Å². The van der Waals surface area contributed by atoms with Crippen LogP contribution < -0.4 is 11.2 Å². The number of para-hydroxylation sites is 2. The second-order valence-electron chi connectivity index (χ2n) is 5.60. The van der Waals surface area contributed by atoms with Crippen LogP contribution in [0.15, 0.2) is 82.3 Å². The van der Waals surface area contributed by atoms with Crippen molar-refractivity contribution in [1.29, 1.82) is 0 Å². The second-order valence-corrected chi connectivity index (χ2v) is 5.60. The number of nitrogens with zero attached hydrogens (tertiary/aromatic N) is 1. The predicted molar refractivity (Wildman–Crippen MR) is 97.7 cm³/mol. The molecule has 0 aliphatic heterocycles. The van der Waals surface area contributed by atoms with Gasteiger partial charge in [0.2, 0.25) is 0 Å². The van der Waals surface area contributed by atoms with Crippen LogP contribution >= 0.6 is 0 Å². The van der Waals surface area contributed by atoms with E-state index in [1.165, 1.54) is 0 Å². The van der Waals surface area contributed by atoms with Crippen LogP contribution in [0.4, 0.5) is 0 Å². The molecule has 0 aliphatic rings. The summed E-state index contributed by atoms with van der Waals surface area (Å²) in [5.41, 5.74) is 12.8. The number of furan rings is 1. The maximum absolute atomic E-state index is 6.17. The van der Waals surface area contributed by atoms with Gasteiger partial charge in [-0.05, 0) is 17.7 Å². The third-order valence-electron chi connectivity index (χ3n) is 4.01. The van der Waals surface area contributed by atoms with Gasteiger partial charge in [-0.1, -0.05) is 60.7 Å². The maximum Gasteiger partial charge on any atom is 0.154 e. The molecule has 0 bridgehead atoms. The molecule has 0 amide bonds. The van der Waals surface area contributed by atoms with Gasteiger partial charge in [0.15, 0.2) is 5.84 Å². The molecule has 0 radical (unpaired) electrons. The molecule has 4 heteroatoms. The molecule has 3 aromatic carbocycles. The van der Waals surface area contributed by atoms with Crippen LogP contribution in [0.25, 0.3) is 21.9 Å². The van der Waals surface area contributed by atoms with Crippen molar-refractivity contribution < 1.29 is 4.42 Å². The third kappa shape index (κ3) is 2.58. The highest BCUT2D eigenvalue weighted by atomic mass is 16.3. The average Bonchev–Trinajstić information content (AvgIpc) is 3.01. The van der Waals surface area contributed by atoms with Crippen LogP contribution in [0.3, 0.4) is 0 Å². The molecule has 24 heavy (non-hydrogen) atoms. The molecule has 0 saturated heterocycles.